The Balaban J connectivity index is 1.57. The number of Topliss-reactive ketones (excluding diaryl/α,β-unsaturated/α-hetero) is 1. The standard InChI is InChI=1S/C18H17N3O3/c1-21-15-5-4-12(9-14(15)10-17(21)23)16(22)6-8-20-18(24)13-3-2-7-19-11-13/h2-5,7,9,11H,6,8,10H2,1H3,(H,20,24). The third-order valence-corrected chi connectivity index (χ3v) is 4.04. The van der Waals surface area contributed by atoms with Crippen molar-refractivity contribution in [1.29, 1.82) is 0 Å². The molecule has 2 heterocycles. The number of aromatic nitrogens is 1. The summed E-state index contributed by atoms with van der Waals surface area (Å²) in [7, 11) is 1.73. The minimum atomic E-state index is -0.253. The predicted molar refractivity (Wildman–Crippen MR) is 89.1 cm³/mol. The van der Waals surface area contributed by atoms with Gasteiger partial charge in [0.05, 0.1) is 12.0 Å². The number of anilines is 1. The number of pyridine rings is 1. The summed E-state index contributed by atoms with van der Waals surface area (Å²) in [5.74, 6) is -0.290. The number of hydrogen-bond donors (Lipinski definition) is 1. The third kappa shape index (κ3) is 3.17. The summed E-state index contributed by atoms with van der Waals surface area (Å²) in [4.78, 5) is 41.3. The van der Waals surface area contributed by atoms with E-state index in [0.29, 0.717) is 17.5 Å². The number of benzene rings is 1. The first-order chi connectivity index (χ1) is 11.6. The minimum absolute atomic E-state index is 0.0262. The van der Waals surface area contributed by atoms with Gasteiger partial charge in [-0.2, -0.15) is 0 Å². The molecular weight excluding hydrogens is 306 g/mol. The van der Waals surface area contributed by atoms with Gasteiger partial charge in [-0.25, -0.2) is 0 Å². The van der Waals surface area contributed by atoms with Gasteiger partial charge in [0.1, 0.15) is 0 Å². The highest BCUT2D eigenvalue weighted by Crippen LogP contribution is 2.28. The fraction of sp³-hybridized carbons (Fsp3) is 0.222. The molecule has 0 saturated carbocycles. The average molecular weight is 323 g/mol. The number of likely N-dealkylation sites (N-methyl/N-ethyl adjacent to an activating group) is 1. The molecule has 24 heavy (non-hydrogen) atoms. The topological polar surface area (TPSA) is 79.4 Å². The van der Waals surface area contributed by atoms with E-state index < -0.39 is 0 Å². The lowest BCUT2D eigenvalue weighted by atomic mass is 10.0. The largest absolute Gasteiger partial charge is 0.352 e. The molecule has 1 aliphatic heterocycles. The van der Waals surface area contributed by atoms with Crippen LogP contribution in [0.25, 0.3) is 0 Å². The Morgan fingerprint density at radius 2 is 2.08 bits per heavy atom. The molecule has 1 aliphatic rings. The van der Waals surface area contributed by atoms with E-state index in [4.69, 9.17) is 0 Å². The van der Waals surface area contributed by atoms with Gasteiger partial charge >= 0.3 is 0 Å². The van der Waals surface area contributed by atoms with E-state index in [9.17, 15) is 14.4 Å². The Labute approximate surface area is 139 Å². The number of nitrogens with one attached hydrogen (secondary N) is 1. The third-order valence-electron chi connectivity index (χ3n) is 4.04. The van der Waals surface area contributed by atoms with Gasteiger partial charge < -0.3 is 10.2 Å². The normalized spacial score (nSPS) is 12.9. The quantitative estimate of drug-likeness (QED) is 0.848. The summed E-state index contributed by atoms with van der Waals surface area (Å²) in [5.41, 5.74) is 2.74. The van der Waals surface area contributed by atoms with Gasteiger partial charge in [-0.05, 0) is 35.9 Å². The van der Waals surface area contributed by atoms with Crippen molar-refractivity contribution in [3.05, 3.63) is 59.4 Å². The molecule has 0 fully saturated rings. The summed E-state index contributed by atoms with van der Waals surface area (Å²) >= 11 is 0. The second kappa shape index (κ2) is 6.62. The Kier molecular flexibility index (Phi) is 4.37. The van der Waals surface area contributed by atoms with Crippen LogP contribution in [0.4, 0.5) is 5.69 Å². The van der Waals surface area contributed by atoms with Gasteiger partial charge in [0, 0.05) is 43.7 Å². The van der Waals surface area contributed by atoms with Crippen LogP contribution in [-0.2, 0) is 11.2 Å². The van der Waals surface area contributed by atoms with Crippen molar-refractivity contribution in [2.75, 3.05) is 18.5 Å². The molecule has 0 radical (unpaired) electrons. The minimum Gasteiger partial charge on any atom is -0.352 e. The van der Waals surface area contributed by atoms with Crippen LogP contribution in [-0.4, -0.2) is 36.2 Å². The highest BCUT2D eigenvalue weighted by atomic mass is 16.2. The molecule has 0 atom stereocenters. The molecule has 3 rings (SSSR count). The second-order valence-corrected chi connectivity index (χ2v) is 5.64. The number of amides is 2. The van der Waals surface area contributed by atoms with Crippen LogP contribution < -0.4 is 10.2 Å². The van der Waals surface area contributed by atoms with Crippen LogP contribution in [0.3, 0.4) is 0 Å². The first-order valence-corrected chi connectivity index (χ1v) is 7.67. The molecule has 1 N–H and O–H groups in total. The number of carbonyl (C=O) groups is 3. The van der Waals surface area contributed by atoms with Crippen LogP contribution in [0.2, 0.25) is 0 Å². The van der Waals surface area contributed by atoms with Crippen LogP contribution in [0.15, 0.2) is 42.7 Å². The number of fused-ring (bicyclic) bond motifs is 1. The molecule has 1 aromatic heterocycles. The first-order valence-electron chi connectivity index (χ1n) is 7.67. The van der Waals surface area contributed by atoms with E-state index in [1.807, 2.05) is 0 Å². The maximum absolute atomic E-state index is 12.3. The summed E-state index contributed by atoms with van der Waals surface area (Å²) in [5, 5.41) is 2.70. The van der Waals surface area contributed by atoms with Crippen molar-refractivity contribution < 1.29 is 14.4 Å². The molecule has 2 amide bonds. The van der Waals surface area contributed by atoms with Gasteiger partial charge in [-0.15, -0.1) is 0 Å². The van der Waals surface area contributed by atoms with Gasteiger partial charge in [0.2, 0.25) is 5.91 Å². The molecule has 1 aromatic carbocycles. The van der Waals surface area contributed by atoms with Crippen molar-refractivity contribution in [2.24, 2.45) is 0 Å². The molecule has 6 heteroatoms. The molecule has 122 valence electrons. The lowest BCUT2D eigenvalue weighted by molar-refractivity contribution is -0.117. The van der Waals surface area contributed by atoms with Gasteiger partial charge in [-0.1, -0.05) is 0 Å². The number of carbonyl (C=O) groups excluding carboxylic acids is 3. The predicted octanol–water partition coefficient (Wildman–Crippen LogP) is 1.60. The molecule has 2 aromatic rings. The van der Waals surface area contributed by atoms with E-state index in [1.165, 1.54) is 6.20 Å². The van der Waals surface area contributed by atoms with E-state index in [1.54, 1.807) is 48.5 Å². The molecule has 6 nitrogen and oxygen atoms in total. The van der Waals surface area contributed by atoms with Crippen molar-refractivity contribution in [3.63, 3.8) is 0 Å². The maximum Gasteiger partial charge on any atom is 0.252 e. The van der Waals surface area contributed by atoms with Crippen LogP contribution >= 0.6 is 0 Å². The number of hydrogen-bond acceptors (Lipinski definition) is 4. The van der Waals surface area contributed by atoms with Crippen molar-refractivity contribution in [3.8, 4) is 0 Å². The number of nitrogens with zero attached hydrogens (tertiary/aromatic N) is 2. The maximum atomic E-state index is 12.3. The van der Waals surface area contributed by atoms with Crippen molar-refractivity contribution >= 4 is 23.3 Å². The molecule has 0 bridgehead atoms. The van der Waals surface area contributed by atoms with Crippen LogP contribution in [0, 0.1) is 0 Å². The van der Waals surface area contributed by atoms with E-state index >= 15 is 0 Å². The fourth-order valence-electron chi connectivity index (χ4n) is 2.68. The summed E-state index contributed by atoms with van der Waals surface area (Å²) in [6.07, 6.45) is 3.60. The number of ketones is 1. The second-order valence-electron chi connectivity index (χ2n) is 5.64. The van der Waals surface area contributed by atoms with Gasteiger partial charge in [-0.3, -0.25) is 19.4 Å². The van der Waals surface area contributed by atoms with Gasteiger partial charge in [0.25, 0.3) is 5.91 Å². The Hall–Kier alpha value is -3.02. The summed E-state index contributed by atoms with van der Waals surface area (Å²) in [6.45, 7) is 0.252. The van der Waals surface area contributed by atoms with Crippen molar-refractivity contribution in [2.45, 2.75) is 12.8 Å². The van der Waals surface area contributed by atoms with Crippen molar-refractivity contribution in [1.82, 2.24) is 10.3 Å². The number of rotatable bonds is 5. The van der Waals surface area contributed by atoms with Crippen LogP contribution in [0.5, 0.6) is 0 Å². The smallest absolute Gasteiger partial charge is 0.252 e. The fourth-order valence-corrected chi connectivity index (χ4v) is 2.68. The molecular formula is C18H17N3O3. The molecule has 0 aliphatic carbocycles. The molecule has 0 saturated heterocycles. The lowest BCUT2D eigenvalue weighted by Crippen LogP contribution is -2.26. The zero-order chi connectivity index (χ0) is 17.1. The zero-order valence-corrected chi connectivity index (χ0v) is 13.3. The monoisotopic (exact) mass is 323 g/mol. The van der Waals surface area contributed by atoms with E-state index in [-0.39, 0.29) is 30.6 Å². The van der Waals surface area contributed by atoms with E-state index in [0.717, 1.165) is 11.3 Å². The molecule has 0 spiro atoms. The molecule has 0 unspecified atom stereocenters. The SMILES string of the molecule is CN1C(=O)Cc2cc(C(=O)CCNC(=O)c3cccnc3)ccc21. The summed E-state index contributed by atoms with van der Waals surface area (Å²) < 4.78 is 0. The highest BCUT2D eigenvalue weighted by molar-refractivity contribution is 6.03. The first kappa shape index (κ1) is 15.9. The van der Waals surface area contributed by atoms with Crippen LogP contribution in [0.1, 0.15) is 32.7 Å². The Morgan fingerprint density at radius 3 is 2.83 bits per heavy atom. The zero-order valence-electron chi connectivity index (χ0n) is 13.3. The van der Waals surface area contributed by atoms with Gasteiger partial charge in [0.15, 0.2) is 5.78 Å². The highest BCUT2D eigenvalue weighted by Gasteiger charge is 2.24. The van der Waals surface area contributed by atoms with E-state index in [2.05, 4.69) is 10.3 Å². The Bertz CT molecular complexity index is 802. The summed E-state index contributed by atoms with van der Waals surface area (Å²) in [6, 6.07) is 8.63. The Morgan fingerprint density at radius 1 is 1.25 bits per heavy atom. The lowest BCUT2D eigenvalue weighted by Gasteiger charge is -2.10. The average Bonchev–Trinajstić information content (AvgIpc) is 2.89.